The number of ether oxygens (including phenoxy) is 1. The van der Waals surface area contributed by atoms with Gasteiger partial charge in [-0.3, -0.25) is 10.1 Å². The van der Waals surface area contributed by atoms with Crippen LogP contribution in [0.4, 0.5) is 9.59 Å². The van der Waals surface area contributed by atoms with Crippen LogP contribution < -0.4 is 16.0 Å². The van der Waals surface area contributed by atoms with E-state index in [0.717, 1.165) is 0 Å². The molecule has 17 heavy (non-hydrogen) atoms. The lowest BCUT2D eigenvalue weighted by atomic mass is 10.1. The number of alkyl carbamates (subject to hydrolysis) is 1. The molecule has 1 rings (SSSR count). The predicted molar refractivity (Wildman–Crippen MR) is 62.8 cm³/mol. The van der Waals surface area contributed by atoms with Gasteiger partial charge in [-0.05, 0) is 6.92 Å². The first-order valence-electron chi connectivity index (χ1n) is 5.01. The fourth-order valence-corrected chi connectivity index (χ4v) is 2.26. The molecule has 1 atom stereocenters. The molecule has 0 unspecified atom stereocenters. The number of urea groups is 1. The Labute approximate surface area is 103 Å². The second-order valence-corrected chi connectivity index (χ2v) is 4.82. The third-order valence-electron chi connectivity index (χ3n) is 2.21. The second kappa shape index (κ2) is 5.76. The summed E-state index contributed by atoms with van der Waals surface area (Å²) >= 11 is 1.46. The molecule has 1 heterocycles. The van der Waals surface area contributed by atoms with Crippen molar-refractivity contribution < 1.29 is 19.1 Å². The highest BCUT2D eigenvalue weighted by Gasteiger charge is 2.41. The van der Waals surface area contributed by atoms with Gasteiger partial charge in [0.05, 0.1) is 7.11 Å². The number of rotatable bonds is 5. The summed E-state index contributed by atoms with van der Waals surface area (Å²) in [6.07, 6.45) is -0.483. The number of methoxy groups -OCH3 is 1. The fourth-order valence-electron chi connectivity index (χ4n) is 1.26. The molecule has 7 nitrogen and oxygen atoms in total. The number of amides is 4. The first-order chi connectivity index (χ1) is 7.98. The Bertz CT molecular complexity index is 336. The number of carbonyl (C=O) groups excluding carboxylic acids is 3. The van der Waals surface area contributed by atoms with Crippen molar-refractivity contribution in [1.82, 2.24) is 16.0 Å². The summed E-state index contributed by atoms with van der Waals surface area (Å²) in [5, 5.41) is 7.26. The van der Waals surface area contributed by atoms with Crippen LogP contribution in [0.3, 0.4) is 0 Å². The van der Waals surface area contributed by atoms with Gasteiger partial charge >= 0.3 is 12.1 Å². The smallest absolute Gasteiger partial charge is 0.406 e. The van der Waals surface area contributed by atoms with Crippen LogP contribution in [-0.4, -0.2) is 48.7 Å². The minimum Gasteiger partial charge on any atom is -0.453 e. The van der Waals surface area contributed by atoms with E-state index in [4.69, 9.17) is 0 Å². The molecule has 1 aliphatic heterocycles. The number of hydrogen-bond acceptors (Lipinski definition) is 5. The van der Waals surface area contributed by atoms with E-state index in [-0.39, 0.29) is 5.91 Å². The van der Waals surface area contributed by atoms with Crippen LogP contribution in [0.5, 0.6) is 0 Å². The number of thioether (sulfide) groups is 1. The molecular formula is C9H15N3O4S. The van der Waals surface area contributed by atoms with Gasteiger partial charge in [0.25, 0.3) is 5.91 Å². The van der Waals surface area contributed by atoms with Crippen LogP contribution in [0.1, 0.15) is 6.92 Å². The summed E-state index contributed by atoms with van der Waals surface area (Å²) in [6.45, 7) is 2.11. The highest BCUT2D eigenvalue weighted by atomic mass is 32.2. The number of hydrogen-bond donors (Lipinski definition) is 3. The summed E-state index contributed by atoms with van der Waals surface area (Å²) in [7, 11) is 1.29. The van der Waals surface area contributed by atoms with Gasteiger partial charge in [-0.25, -0.2) is 9.59 Å². The summed E-state index contributed by atoms with van der Waals surface area (Å²) < 4.78 is 4.40. The van der Waals surface area contributed by atoms with Crippen molar-refractivity contribution >= 4 is 29.8 Å². The van der Waals surface area contributed by atoms with Gasteiger partial charge in [-0.15, -0.1) is 0 Å². The van der Waals surface area contributed by atoms with Crippen molar-refractivity contribution in [1.29, 1.82) is 0 Å². The lowest BCUT2D eigenvalue weighted by molar-refractivity contribution is -0.122. The van der Waals surface area contributed by atoms with Gasteiger partial charge in [0, 0.05) is 18.1 Å². The Morgan fingerprint density at radius 3 is 2.76 bits per heavy atom. The Hall–Kier alpha value is -1.44. The molecule has 0 saturated carbocycles. The van der Waals surface area contributed by atoms with E-state index in [1.54, 1.807) is 6.92 Å². The van der Waals surface area contributed by atoms with E-state index in [9.17, 15) is 14.4 Å². The summed E-state index contributed by atoms with van der Waals surface area (Å²) in [5.41, 5.74) is -0.868. The van der Waals surface area contributed by atoms with Gasteiger partial charge in [-0.1, -0.05) is 0 Å². The minimum absolute atomic E-state index is 0.323. The second-order valence-electron chi connectivity index (χ2n) is 3.71. The van der Waals surface area contributed by atoms with Gasteiger partial charge in [0.2, 0.25) is 0 Å². The third-order valence-corrected chi connectivity index (χ3v) is 3.48. The Morgan fingerprint density at radius 2 is 2.24 bits per heavy atom. The van der Waals surface area contributed by atoms with Gasteiger partial charge < -0.3 is 15.4 Å². The van der Waals surface area contributed by atoms with Crippen molar-refractivity contribution in [3.05, 3.63) is 0 Å². The monoisotopic (exact) mass is 261 g/mol. The maximum absolute atomic E-state index is 11.4. The Balaban J connectivity index is 2.20. The zero-order valence-electron chi connectivity index (χ0n) is 9.66. The van der Waals surface area contributed by atoms with Crippen LogP contribution >= 0.6 is 11.8 Å². The number of imide groups is 1. The Morgan fingerprint density at radius 1 is 1.53 bits per heavy atom. The predicted octanol–water partition coefficient (Wildman–Crippen LogP) is -0.326. The third kappa shape index (κ3) is 3.81. The highest BCUT2D eigenvalue weighted by Crippen LogP contribution is 2.16. The molecule has 1 fully saturated rings. The SMILES string of the molecule is COC(=O)NCCSC[C@@]1(C)NC(=O)NC1=O. The molecule has 0 radical (unpaired) electrons. The average molecular weight is 261 g/mol. The Kier molecular flexibility index (Phi) is 4.62. The van der Waals surface area contributed by atoms with Gasteiger partial charge in [0.1, 0.15) is 5.54 Å². The molecule has 0 aliphatic carbocycles. The largest absolute Gasteiger partial charge is 0.453 e. The van der Waals surface area contributed by atoms with Gasteiger partial charge in [-0.2, -0.15) is 11.8 Å². The molecule has 96 valence electrons. The fraction of sp³-hybridized carbons (Fsp3) is 0.667. The molecule has 1 saturated heterocycles. The average Bonchev–Trinajstić information content (AvgIpc) is 2.52. The molecule has 8 heteroatoms. The lowest BCUT2D eigenvalue weighted by Crippen LogP contribution is -2.46. The van der Waals surface area contributed by atoms with Crippen LogP contribution in [-0.2, 0) is 9.53 Å². The van der Waals surface area contributed by atoms with E-state index in [2.05, 4.69) is 20.7 Å². The van der Waals surface area contributed by atoms with Crippen LogP contribution in [0.15, 0.2) is 0 Å². The summed E-state index contributed by atoms with van der Waals surface area (Å²) in [5.74, 6) is 0.761. The first kappa shape index (κ1) is 13.6. The zero-order valence-corrected chi connectivity index (χ0v) is 10.5. The molecule has 0 aromatic heterocycles. The van der Waals surface area contributed by atoms with Crippen LogP contribution in [0.25, 0.3) is 0 Å². The highest BCUT2D eigenvalue weighted by molar-refractivity contribution is 7.99. The lowest BCUT2D eigenvalue weighted by Gasteiger charge is -2.19. The van der Waals surface area contributed by atoms with Crippen LogP contribution in [0, 0.1) is 0 Å². The molecule has 0 aromatic carbocycles. The van der Waals surface area contributed by atoms with E-state index in [0.29, 0.717) is 18.1 Å². The maximum Gasteiger partial charge on any atom is 0.406 e. The van der Waals surface area contributed by atoms with E-state index in [1.165, 1.54) is 18.9 Å². The summed E-state index contributed by atoms with van der Waals surface area (Å²) in [4.78, 5) is 33.1. The van der Waals surface area contributed by atoms with E-state index in [1.807, 2.05) is 0 Å². The maximum atomic E-state index is 11.4. The van der Waals surface area contributed by atoms with Gasteiger partial charge in [0.15, 0.2) is 0 Å². The van der Waals surface area contributed by atoms with Crippen molar-refractivity contribution in [2.75, 3.05) is 25.2 Å². The molecule has 0 bridgehead atoms. The first-order valence-corrected chi connectivity index (χ1v) is 6.16. The topological polar surface area (TPSA) is 96.5 Å². The standard InChI is InChI=1S/C9H15N3O4S/c1-9(6(13)11-7(14)12-9)5-17-4-3-10-8(15)16-2/h3-5H2,1-2H3,(H,10,15)(H2,11,12,13,14)/t9-/m1/s1. The van der Waals surface area contributed by atoms with Crippen molar-refractivity contribution in [2.45, 2.75) is 12.5 Å². The quantitative estimate of drug-likeness (QED) is 0.465. The van der Waals surface area contributed by atoms with Crippen molar-refractivity contribution in [2.24, 2.45) is 0 Å². The van der Waals surface area contributed by atoms with Crippen molar-refractivity contribution in [3.63, 3.8) is 0 Å². The molecule has 0 aromatic rings. The normalized spacial score (nSPS) is 22.9. The summed E-state index contributed by atoms with van der Waals surface area (Å²) in [6, 6.07) is -0.467. The van der Waals surface area contributed by atoms with E-state index >= 15 is 0 Å². The van der Waals surface area contributed by atoms with Crippen LogP contribution in [0.2, 0.25) is 0 Å². The minimum atomic E-state index is -0.868. The number of carbonyl (C=O) groups is 3. The molecule has 1 aliphatic rings. The molecule has 4 amide bonds. The number of nitrogens with one attached hydrogen (secondary N) is 3. The molecule has 0 spiro atoms. The van der Waals surface area contributed by atoms with E-state index < -0.39 is 17.7 Å². The van der Waals surface area contributed by atoms with Crippen molar-refractivity contribution in [3.8, 4) is 0 Å². The molecular weight excluding hydrogens is 246 g/mol. The molecule has 3 N–H and O–H groups in total. The zero-order chi connectivity index (χ0) is 12.9.